The minimum absolute atomic E-state index is 0.0313. The molecule has 0 aromatic heterocycles. The van der Waals surface area contributed by atoms with Gasteiger partial charge in [-0.1, -0.05) is 33.8 Å². The van der Waals surface area contributed by atoms with E-state index in [4.69, 9.17) is 0 Å². The number of hydrogen-bond donors (Lipinski definition) is 1. The van der Waals surface area contributed by atoms with Gasteiger partial charge in [0.1, 0.15) is 6.29 Å². The average Bonchev–Trinajstić information content (AvgIpc) is 2.73. The Labute approximate surface area is 140 Å². The number of aliphatic hydroxyl groups excluding tert-OH is 1. The first-order valence-corrected chi connectivity index (χ1v) is 8.99. The van der Waals surface area contributed by atoms with Crippen LogP contribution < -0.4 is 0 Å². The minimum atomic E-state index is -0.511. The molecule has 130 valence electrons. The maximum Gasteiger partial charge on any atom is 0.158 e. The molecule has 23 heavy (non-hydrogen) atoms. The molecule has 0 aliphatic heterocycles. The second-order valence-electron chi connectivity index (χ2n) is 8.73. The molecule has 0 bridgehead atoms. The third-order valence-corrected chi connectivity index (χ3v) is 6.63. The van der Waals surface area contributed by atoms with Crippen LogP contribution in [0.2, 0.25) is 0 Å². The molecule has 1 N–H and O–H groups in total. The molecule has 0 heterocycles. The molecule has 3 heteroatoms. The van der Waals surface area contributed by atoms with Crippen LogP contribution in [0.15, 0.2) is 11.6 Å². The standard InChI is InChI=1S/C20H32O3/c1-13(2)15-10-18(23)16(12-21)20(15,5)9-8-19(4)7-6-17(22)14(3)11-19/h11-13,15-16,18,23H,6-10H2,1-5H3/t15-,16?,18?,19-,20-/m1/s1. The summed E-state index contributed by atoms with van der Waals surface area (Å²) in [4.78, 5) is 23.4. The lowest BCUT2D eigenvalue weighted by Gasteiger charge is -2.40. The van der Waals surface area contributed by atoms with E-state index in [1.165, 1.54) is 0 Å². The Bertz CT molecular complexity index is 507. The number of aliphatic hydroxyl groups is 1. The Morgan fingerprint density at radius 1 is 1.35 bits per heavy atom. The van der Waals surface area contributed by atoms with Crippen molar-refractivity contribution in [2.24, 2.45) is 28.6 Å². The van der Waals surface area contributed by atoms with Crippen molar-refractivity contribution in [3.05, 3.63) is 11.6 Å². The van der Waals surface area contributed by atoms with Crippen LogP contribution in [0.3, 0.4) is 0 Å². The fraction of sp³-hybridized carbons (Fsp3) is 0.800. The molecule has 5 atom stereocenters. The Morgan fingerprint density at radius 2 is 2.00 bits per heavy atom. The van der Waals surface area contributed by atoms with Crippen LogP contribution in [-0.2, 0) is 9.59 Å². The summed E-state index contributed by atoms with van der Waals surface area (Å²) in [7, 11) is 0. The van der Waals surface area contributed by atoms with Gasteiger partial charge < -0.3 is 9.90 Å². The highest BCUT2D eigenvalue weighted by Crippen LogP contribution is 2.54. The fourth-order valence-electron chi connectivity index (χ4n) is 5.02. The summed E-state index contributed by atoms with van der Waals surface area (Å²) in [6.07, 6.45) is 6.72. The summed E-state index contributed by atoms with van der Waals surface area (Å²) in [6.45, 7) is 10.7. The number of ketones is 1. The maximum atomic E-state index is 11.7. The molecule has 0 saturated heterocycles. The number of rotatable bonds is 5. The first-order valence-electron chi connectivity index (χ1n) is 8.99. The quantitative estimate of drug-likeness (QED) is 0.781. The van der Waals surface area contributed by atoms with Gasteiger partial charge in [-0.05, 0) is 60.8 Å². The molecule has 0 aromatic rings. The molecule has 2 unspecified atom stereocenters. The first-order chi connectivity index (χ1) is 10.6. The summed E-state index contributed by atoms with van der Waals surface area (Å²) < 4.78 is 0. The lowest BCUT2D eigenvalue weighted by Crippen LogP contribution is -2.36. The zero-order chi connectivity index (χ0) is 17.4. The van der Waals surface area contributed by atoms with Crippen molar-refractivity contribution < 1.29 is 14.7 Å². The van der Waals surface area contributed by atoms with E-state index in [2.05, 4.69) is 33.8 Å². The number of carbonyl (C=O) groups excluding carboxylic acids is 2. The van der Waals surface area contributed by atoms with Crippen molar-refractivity contribution in [3.63, 3.8) is 0 Å². The molecular formula is C20H32O3. The Kier molecular flexibility index (Phi) is 5.20. The summed E-state index contributed by atoms with van der Waals surface area (Å²) in [5, 5.41) is 10.3. The number of carbonyl (C=O) groups is 2. The van der Waals surface area contributed by atoms with Crippen LogP contribution in [0.25, 0.3) is 0 Å². The van der Waals surface area contributed by atoms with Gasteiger partial charge in [0.05, 0.1) is 6.10 Å². The molecule has 0 spiro atoms. The van der Waals surface area contributed by atoms with Crippen LogP contribution in [0.4, 0.5) is 0 Å². The zero-order valence-corrected chi connectivity index (χ0v) is 15.3. The second-order valence-corrected chi connectivity index (χ2v) is 8.73. The van der Waals surface area contributed by atoms with Crippen molar-refractivity contribution in [1.82, 2.24) is 0 Å². The highest BCUT2D eigenvalue weighted by atomic mass is 16.3. The van der Waals surface area contributed by atoms with E-state index in [0.29, 0.717) is 18.3 Å². The van der Waals surface area contributed by atoms with E-state index in [1.54, 1.807) is 0 Å². The highest BCUT2D eigenvalue weighted by molar-refractivity contribution is 5.95. The van der Waals surface area contributed by atoms with Gasteiger partial charge in [-0.15, -0.1) is 0 Å². The fourth-order valence-corrected chi connectivity index (χ4v) is 5.02. The smallest absolute Gasteiger partial charge is 0.158 e. The predicted molar refractivity (Wildman–Crippen MR) is 92.0 cm³/mol. The van der Waals surface area contributed by atoms with Crippen molar-refractivity contribution in [3.8, 4) is 0 Å². The molecule has 2 rings (SSSR count). The summed E-state index contributed by atoms with van der Waals surface area (Å²) in [5.41, 5.74) is 0.758. The largest absolute Gasteiger partial charge is 0.392 e. The molecule has 2 aliphatic rings. The van der Waals surface area contributed by atoms with Gasteiger partial charge in [-0.2, -0.15) is 0 Å². The highest BCUT2D eigenvalue weighted by Gasteiger charge is 2.52. The van der Waals surface area contributed by atoms with Gasteiger partial charge >= 0.3 is 0 Å². The first kappa shape index (κ1) is 18.4. The molecule has 0 radical (unpaired) electrons. The number of aldehydes is 1. The van der Waals surface area contributed by atoms with Crippen molar-refractivity contribution in [2.75, 3.05) is 0 Å². The lowest BCUT2D eigenvalue weighted by atomic mass is 9.63. The Balaban J connectivity index is 2.19. The van der Waals surface area contributed by atoms with Crippen LogP contribution in [0.1, 0.15) is 66.7 Å². The zero-order valence-electron chi connectivity index (χ0n) is 15.3. The second kappa shape index (κ2) is 6.51. The molecule has 3 nitrogen and oxygen atoms in total. The van der Waals surface area contributed by atoms with E-state index in [9.17, 15) is 14.7 Å². The van der Waals surface area contributed by atoms with Gasteiger partial charge in [0.25, 0.3) is 0 Å². The number of Topliss-reactive ketones (excluding diaryl/α,β-unsaturated/α-hetero) is 1. The molecule has 0 amide bonds. The topological polar surface area (TPSA) is 54.4 Å². The summed E-state index contributed by atoms with van der Waals surface area (Å²) >= 11 is 0. The molecule has 0 aromatic carbocycles. The van der Waals surface area contributed by atoms with Gasteiger partial charge in [-0.3, -0.25) is 4.79 Å². The van der Waals surface area contributed by atoms with Gasteiger partial charge in [0, 0.05) is 12.3 Å². The third-order valence-electron chi connectivity index (χ3n) is 6.63. The van der Waals surface area contributed by atoms with E-state index in [0.717, 1.165) is 37.5 Å². The number of hydrogen-bond acceptors (Lipinski definition) is 3. The third kappa shape index (κ3) is 3.45. The summed E-state index contributed by atoms with van der Waals surface area (Å²) in [5.74, 6) is 0.814. The summed E-state index contributed by atoms with van der Waals surface area (Å²) in [6, 6.07) is 0. The predicted octanol–water partition coefficient (Wildman–Crippen LogP) is 3.94. The van der Waals surface area contributed by atoms with Crippen LogP contribution in [0.5, 0.6) is 0 Å². The van der Waals surface area contributed by atoms with Gasteiger partial charge in [-0.25, -0.2) is 0 Å². The SMILES string of the molecule is CC1=C[C@@](C)(CC[C@@]2(C)C(C=O)C(O)C[C@@H]2C(C)C)CCC1=O. The Hall–Kier alpha value is -0.960. The van der Waals surface area contributed by atoms with Crippen LogP contribution in [-0.4, -0.2) is 23.3 Å². The normalized spacial score (nSPS) is 41.3. The van der Waals surface area contributed by atoms with Crippen LogP contribution in [0, 0.1) is 28.6 Å². The molecule has 1 fully saturated rings. The molecule has 2 aliphatic carbocycles. The number of allylic oxidation sites excluding steroid dienone is 2. The van der Waals surface area contributed by atoms with Crippen molar-refractivity contribution in [2.45, 2.75) is 72.8 Å². The maximum absolute atomic E-state index is 11.7. The van der Waals surface area contributed by atoms with E-state index < -0.39 is 6.10 Å². The van der Waals surface area contributed by atoms with E-state index in [-0.39, 0.29) is 22.5 Å². The van der Waals surface area contributed by atoms with Gasteiger partial charge in [0.15, 0.2) is 5.78 Å². The monoisotopic (exact) mass is 320 g/mol. The van der Waals surface area contributed by atoms with Crippen LogP contribution >= 0.6 is 0 Å². The van der Waals surface area contributed by atoms with Gasteiger partial charge in [0.2, 0.25) is 0 Å². The van der Waals surface area contributed by atoms with E-state index in [1.807, 2.05) is 6.92 Å². The average molecular weight is 320 g/mol. The Morgan fingerprint density at radius 3 is 2.52 bits per heavy atom. The van der Waals surface area contributed by atoms with E-state index >= 15 is 0 Å². The molecular weight excluding hydrogens is 288 g/mol. The van der Waals surface area contributed by atoms with Crippen molar-refractivity contribution >= 4 is 12.1 Å². The lowest BCUT2D eigenvalue weighted by molar-refractivity contribution is -0.117. The molecule has 1 saturated carbocycles. The van der Waals surface area contributed by atoms with Crippen molar-refractivity contribution in [1.29, 1.82) is 0 Å². The minimum Gasteiger partial charge on any atom is -0.392 e.